The first-order chi connectivity index (χ1) is 11.6. The Morgan fingerprint density at radius 1 is 1.42 bits per heavy atom. The van der Waals surface area contributed by atoms with Crippen molar-refractivity contribution < 1.29 is 9.53 Å². The van der Waals surface area contributed by atoms with Crippen LogP contribution in [0.4, 0.5) is 4.79 Å². The highest BCUT2D eigenvalue weighted by Crippen LogP contribution is 2.32. The fourth-order valence-electron chi connectivity index (χ4n) is 3.76. The molecule has 1 aromatic carbocycles. The molecule has 0 spiro atoms. The van der Waals surface area contributed by atoms with Crippen molar-refractivity contribution in [1.82, 2.24) is 14.5 Å². The van der Waals surface area contributed by atoms with E-state index < -0.39 is 6.09 Å². The summed E-state index contributed by atoms with van der Waals surface area (Å²) in [6.45, 7) is 8.54. The van der Waals surface area contributed by atoms with E-state index in [0.29, 0.717) is 11.7 Å². The fraction of sp³-hybridized carbons (Fsp3) is 0.556. The van der Waals surface area contributed by atoms with Crippen molar-refractivity contribution in [3.05, 3.63) is 24.0 Å². The van der Waals surface area contributed by atoms with Crippen molar-refractivity contribution in [2.24, 2.45) is 5.73 Å². The summed E-state index contributed by atoms with van der Waals surface area (Å²) in [5.74, 6) is 1.95. The molecule has 2 N–H and O–H groups in total. The summed E-state index contributed by atoms with van der Waals surface area (Å²) in [6.07, 6.45) is 2.72. The van der Waals surface area contributed by atoms with E-state index in [0.717, 1.165) is 42.9 Å². The number of carbonyl (C=O) groups is 1. The number of primary amides is 1. The summed E-state index contributed by atoms with van der Waals surface area (Å²) in [4.78, 5) is 18.5. The standard InChI is InChI=1S/C18H26N4O2/c1-3-10-21-11-6-7-13(12-21)17-20-16-14(22(17)4-2)8-5-9-15(16)24-18(19)23/h5,8-9,13H,3-4,6-7,10-12H2,1-2H3,(H2,19,23). The van der Waals surface area contributed by atoms with Gasteiger partial charge in [0.25, 0.3) is 0 Å². The van der Waals surface area contributed by atoms with Gasteiger partial charge in [-0.3, -0.25) is 0 Å². The number of aryl methyl sites for hydroxylation is 1. The summed E-state index contributed by atoms with van der Waals surface area (Å²) in [7, 11) is 0. The first-order valence-corrected chi connectivity index (χ1v) is 8.82. The number of likely N-dealkylation sites (tertiary alicyclic amines) is 1. The number of fused-ring (bicyclic) bond motifs is 1. The third kappa shape index (κ3) is 3.24. The van der Waals surface area contributed by atoms with Crippen LogP contribution in [-0.2, 0) is 6.54 Å². The van der Waals surface area contributed by atoms with Gasteiger partial charge in [0.2, 0.25) is 0 Å². The highest BCUT2D eigenvalue weighted by Gasteiger charge is 2.26. The Bertz CT molecular complexity index is 723. The van der Waals surface area contributed by atoms with Crippen LogP contribution in [0.5, 0.6) is 5.75 Å². The van der Waals surface area contributed by atoms with Gasteiger partial charge in [-0.2, -0.15) is 0 Å². The van der Waals surface area contributed by atoms with Crippen LogP contribution in [0.2, 0.25) is 0 Å². The van der Waals surface area contributed by atoms with E-state index in [4.69, 9.17) is 15.5 Å². The topological polar surface area (TPSA) is 73.4 Å². The number of amides is 1. The average molecular weight is 330 g/mol. The quantitative estimate of drug-likeness (QED) is 0.914. The molecule has 6 heteroatoms. The van der Waals surface area contributed by atoms with Gasteiger partial charge in [0.1, 0.15) is 11.3 Å². The molecular weight excluding hydrogens is 304 g/mol. The Labute approximate surface area is 142 Å². The monoisotopic (exact) mass is 330 g/mol. The lowest BCUT2D eigenvalue weighted by Gasteiger charge is -2.32. The largest absolute Gasteiger partial charge is 0.410 e. The maximum absolute atomic E-state index is 11.1. The van der Waals surface area contributed by atoms with E-state index >= 15 is 0 Å². The van der Waals surface area contributed by atoms with Crippen molar-refractivity contribution in [2.45, 2.75) is 45.6 Å². The number of rotatable bonds is 5. The third-order valence-corrected chi connectivity index (χ3v) is 4.71. The molecular formula is C18H26N4O2. The average Bonchev–Trinajstić information content (AvgIpc) is 2.94. The zero-order valence-electron chi connectivity index (χ0n) is 14.5. The number of hydrogen-bond donors (Lipinski definition) is 1. The van der Waals surface area contributed by atoms with E-state index in [-0.39, 0.29) is 0 Å². The highest BCUT2D eigenvalue weighted by atomic mass is 16.5. The van der Waals surface area contributed by atoms with Crippen molar-refractivity contribution in [3.63, 3.8) is 0 Å². The second kappa shape index (κ2) is 7.21. The number of carbonyl (C=O) groups excluding carboxylic acids is 1. The van der Waals surface area contributed by atoms with Gasteiger partial charge in [0.15, 0.2) is 5.75 Å². The maximum Gasteiger partial charge on any atom is 0.410 e. The molecule has 2 heterocycles. The number of piperidine rings is 1. The van der Waals surface area contributed by atoms with Crippen LogP contribution in [0.3, 0.4) is 0 Å². The minimum absolute atomic E-state index is 0.416. The fourth-order valence-corrected chi connectivity index (χ4v) is 3.76. The normalized spacial score (nSPS) is 18.8. The number of hydrogen-bond acceptors (Lipinski definition) is 4. The summed E-state index contributed by atoms with van der Waals surface area (Å²) in [6, 6.07) is 5.65. The van der Waals surface area contributed by atoms with Gasteiger partial charge in [-0.05, 0) is 51.4 Å². The molecule has 130 valence electrons. The molecule has 3 rings (SSSR count). The van der Waals surface area contributed by atoms with Crippen LogP contribution in [0, 0.1) is 0 Å². The number of imidazole rings is 1. The van der Waals surface area contributed by atoms with Crippen LogP contribution in [0.1, 0.15) is 44.9 Å². The van der Waals surface area contributed by atoms with Gasteiger partial charge < -0.3 is 19.9 Å². The molecule has 2 aromatic rings. The van der Waals surface area contributed by atoms with Gasteiger partial charge in [-0.25, -0.2) is 9.78 Å². The number of benzene rings is 1. The summed E-state index contributed by atoms with van der Waals surface area (Å²) < 4.78 is 7.38. The first kappa shape index (κ1) is 16.8. The van der Waals surface area contributed by atoms with Crippen molar-refractivity contribution >= 4 is 17.1 Å². The number of para-hydroxylation sites is 1. The summed E-state index contributed by atoms with van der Waals surface area (Å²) >= 11 is 0. The summed E-state index contributed by atoms with van der Waals surface area (Å²) in [5.41, 5.74) is 6.91. The summed E-state index contributed by atoms with van der Waals surface area (Å²) in [5, 5.41) is 0. The molecule has 24 heavy (non-hydrogen) atoms. The third-order valence-electron chi connectivity index (χ3n) is 4.71. The van der Waals surface area contributed by atoms with E-state index in [1.54, 1.807) is 6.07 Å². The SMILES string of the molecule is CCCN1CCCC(c2nc3c(OC(N)=O)cccc3n2CC)C1. The predicted molar refractivity (Wildman–Crippen MR) is 94.3 cm³/mol. The molecule has 1 aliphatic heterocycles. The molecule has 1 aliphatic rings. The van der Waals surface area contributed by atoms with E-state index in [1.807, 2.05) is 12.1 Å². The minimum Gasteiger partial charge on any atom is -0.408 e. The number of ether oxygens (including phenoxy) is 1. The van der Waals surface area contributed by atoms with Crippen molar-refractivity contribution in [3.8, 4) is 5.75 Å². The smallest absolute Gasteiger partial charge is 0.408 e. The van der Waals surface area contributed by atoms with Crippen molar-refractivity contribution in [1.29, 1.82) is 0 Å². The molecule has 1 unspecified atom stereocenters. The van der Waals surface area contributed by atoms with Gasteiger partial charge in [-0.1, -0.05) is 13.0 Å². The molecule has 1 atom stereocenters. The van der Waals surface area contributed by atoms with E-state index in [9.17, 15) is 4.79 Å². The van der Waals surface area contributed by atoms with Crippen LogP contribution in [-0.4, -0.2) is 40.2 Å². The van der Waals surface area contributed by atoms with Gasteiger partial charge in [-0.15, -0.1) is 0 Å². The Hall–Kier alpha value is -2.08. The molecule has 1 aromatic heterocycles. The van der Waals surface area contributed by atoms with Crippen molar-refractivity contribution in [2.75, 3.05) is 19.6 Å². The second-order valence-corrected chi connectivity index (χ2v) is 6.40. The minimum atomic E-state index is -0.804. The number of nitrogens with zero attached hydrogens (tertiary/aromatic N) is 3. The molecule has 0 aliphatic carbocycles. The van der Waals surface area contributed by atoms with Gasteiger partial charge in [0.05, 0.1) is 5.52 Å². The molecule has 6 nitrogen and oxygen atoms in total. The highest BCUT2D eigenvalue weighted by molar-refractivity contribution is 5.85. The Morgan fingerprint density at radius 2 is 2.25 bits per heavy atom. The number of aromatic nitrogens is 2. The van der Waals surface area contributed by atoms with Gasteiger partial charge >= 0.3 is 6.09 Å². The number of nitrogens with two attached hydrogens (primary N) is 1. The molecule has 1 fully saturated rings. The zero-order chi connectivity index (χ0) is 17.1. The van der Waals surface area contributed by atoms with E-state index in [1.165, 1.54) is 19.4 Å². The van der Waals surface area contributed by atoms with Crippen LogP contribution in [0.15, 0.2) is 18.2 Å². The molecule has 0 saturated carbocycles. The van der Waals surface area contributed by atoms with Crippen LogP contribution >= 0.6 is 0 Å². The van der Waals surface area contributed by atoms with Crippen LogP contribution in [0.25, 0.3) is 11.0 Å². The van der Waals surface area contributed by atoms with Gasteiger partial charge in [0, 0.05) is 19.0 Å². The first-order valence-electron chi connectivity index (χ1n) is 8.82. The predicted octanol–water partition coefficient (Wildman–Crippen LogP) is 3.10. The molecule has 0 radical (unpaired) electrons. The Morgan fingerprint density at radius 3 is 2.96 bits per heavy atom. The second-order valence-electron chi connectivity index (χ2n) is 6.40. The lowest BCUT2D eigenvalue weighted by molar-refractivity contribution is 0.203. The Kier molecular flexibility index (Phi) is 5.04. The lowest BCUT2D eigenvalue weighted by atomic mass is 9.97. The Balaban J connectivity index is 1.99. The molecule has 1 saturated heterocycles. The maximum atomic E-state index is 11.1. The van der Waals surface area contributed by atoms with Crippen LogP contribution < -0.4 is 10.5 Å². The zero-order valence-corrected chi connectivity index (χ0v) is 14.5. The molecule has 0 bridgehead atoms. The van der Waals surface area contributed by atoms with E-state index in [2.05, 4.69) is 23.3 Å². The molecule has 1 amide bonds. The lowest BCUT2D eigenvalue weighted by Crippen LogP contribution is -2.35.